The van der Waals surface area contributed by atoms with Gasteiger partial charge in [0.25, 0.3) is 0 Å². The topological polar surface area (TPSA) is 73.7 Å². The zero-order valence-corrected chi connectivity index (χ0v) is 20.5. The largest absolute Gasteiger partial charge is 0.495 e. The van der Waals surface area contributed by atoms with E-state index in [2.05, 4.69) is 27.5 Å². The lowest BCUT2D eigenvalue weighted by Crippen LogP contribution is -2.57. The molecule has 33 heavy (non-hydrogen) atoms. The molecule has 2 N–H and O–H groups in total. The summed E-state index contributed by atoms with van der Waals surface area (Å²) in [6.07, 6.45) is 7.06. The van der Waals surface area contributed by atoms with E-state index in [9.17, 15) is 0 Å². The molecule has 1 aromatic rings. The van der Waals surface area contributed by atoms with Crippen molar-refractivity contribution < 1.29 is 9.47 Å². The minimum atomic E-state index is -0.390. The molecule has 2 aliphatic carbocycles. The molecule has 2 saturated carbocycles. The van der Waals surface area contributed by atoms with Crippen molar-refractivity contribution in [3.63, 3.8) is 0 Å². The molecule has 1 saturated heterocycles. The first-order valence-corrected chi connectivity index (χ1v) is 12.5. The van der Waals surface area contributed by atoms with Crippen LogP contribution in [-0.2, 0) is 4.74 Å². The Morgan fingerprint density at radius 3 is 2.58 bits per heavy atom. The number of hydrogen-bond donors (Lipinski definition) is 2. The van der Waals surface area contributed by atoms with Crippen LogP contribution in [0.15, 0.2) is 28.2 Å². The van der Waals surface area contributed by atoms with Gasteiger partial charge >= 0.3 is 0 Å². The number of likely N-dealkylation sites (tertiary alicyclic amines) is 1. The third kappa shape index (κ3) is 4.79. The molecule has 0 amide bonds. The van der Waals surface area contributed by atoms with Crippen molar-refractivity contribution in [3.8, 4) is 5.75 Å². The van der Waals surface area contributed by atoms with E-state index in [1.165, 1.54) is 19.3 Å². The van der Waals surface area contributed by atoms with Gasteiger partial charge in [0, 0.05) is 18.8 Å². The van der Waals surface area contributed by atoms with Crippen LogP contribution in [0.4, 0.5) is 5.69 Å². The lowest BCUT2D eigenvalue weighted by Gasteiger charge is -2.44. The van der Waals surface area contributed by atoms with Crippen molar-refractivity contribution in [2.75, 3.05) is 39.6 Å². The van der Waals surface area contributed by atoms with E-state index in [-0.39, 0.29) is 12.5 Å². The second-order valence-corrected chi connectivity index (χ2v) is 10.1. The molecule has 1 aromatic carbocycles. The van der Waals surface area contributed by atoms with E-state index in [0.29, 0.717) is 28.7 Å². The van der Waals surface area contributed by atoms with Gasteiger partial charge in [0.05, 0.1) is 18.2 Å². The van der Waals surface area contributed by atoms with E-state index in [4.69, 9.17) is 31.1 Å². The summed E-state index contributed by atoms with van der Waals surface area (Å²) in [6, 6.07) is 5.99. The van der Waals surface area contributed by atoms with E-state index in [0.717, 1.165) is 49.9 Å². The van der Waals surface area contributed by atoms with Crippen LogP contribution in [-0.4, -0.2) is 74.5 Å². The molecule has 2 heterocycles. The Morgan fingerprint density at radius 1 is 1.12 bits per heavy atom. The molecule has 8 nitrogen and oxygen atoms in total. The van der Waals surface area contributed by atoms with Gasteiger partial charge in [-0.25, -0.2) is 0 Å². The highest BCUT2D eigenvalue weighted by Crippen LogP contribution is 2.46. The number of nitrogens with zero attached hydrogens (tertiary/aromatic N) is 4. The molecule has 3 fully saturated rings. The van der Waals surface area contributed by atoms with Gasteiger partial charge < -0.3 is 25.0 Å². The maximum Gasteiger partial charge on any atom is 0.234 e. The van der Waals surface area contributed by atoms with Crippen LogP contribution in [0.5, 0.6) is 5.75 Å². The smallest absolute Gasteiger partial charge is 0.234 e. The molecule has 4 aliphatic rings. The number of nitrogens with one attached hydrogen (secondary N) is 2. The summed E-state index contributed by atoms with van der Waals surface area (Å²) in [6.45, 7) is 2.10. The SMILES string of the molecule is CNC1=NC(OC2CC3CCC2C3)N(C2CCN(C)CC2)C(Nc2ccc(OC)c(Cl)c2)=N1. The quantitative estimate of drug-likeness (QED) is 0.679. The van der Waals surface area contributed by atoms with E-state index < -0.39 is 0 Å². The number of fused-ring (bicyclic) bond motifs is 2. The molecule has 0 radical (unpaired) electrons. The summed E-state index contributed by atoms with van der Waals surface area (Å²) in [7, 11) is 5.65. The minimum Gasteiger partial charge on any atom is -0.495 e. The fourth-order valence-corrected chi connectivity index (χ4v) is 6.03. The standard InChI is InChI=1S/C24H35ClN6O2/c1-26-22-28-23(27-17-6-7-20(32-3)19(25)14-17)31(18-8-10-30(2)11-9-18)24(29-22)33-21-13-15-4-5-16(21)12-15/h6-7,14-16,18,21,24H,4-5,8-13H2,1-3H3,(H2,26,27,28,29). The van der Waals surface area contributed by atoms with Crippen molar-refractivity contribution >= 4 is 29.2 Å². The first-order chi connectivity index (χ1) is 16.0. The summed E-state index contributed by atoms with van der Waals surface area (Å²) >= 11 is 6.40. The Morgan fingerprint density at radius 2 is 1.94 bits per heavy atom. The number of anilines is 1. The first kappa shape index (κ1) is 22.7. The van der Waals surface area contributed by atoms with Gasteiger partial charge in [-0.05, 0) is 88.7 Å². The van der Waals surface area contributed by atoms with Crippen LogP contribution in [0.2, 0.25) is 5.02 Å². The molecular formula is C24H35ClN6O2. The lowest BCUT2D eigenvalue weighted by molar-refractivity contribution is -0.104. The molecule has 180 valence electrons. The van der Waals surface area contributed by atoms with Gasteiger partial charge in [-0.15, -0.1) is 0 Å². The lowest BCUT2D eigenvalue weighted by atomic mass is 9.98. The number of methoxy groups -OCH3 is 1. The van der Waals surface area contributed by atoms with Crippen LogP contribution in [0.3, 0.4) is 0 Å². The third-order valence-electron chi connectivity index (χ3n) is 7.61. The monoisotopic (exact) mass is 474 g/mol. The van der Waals surface area contributed by atoms with Crippen LogP contribution in [0, 0.1) is 11.8 Å². The van der Waals surface area contributed by atoms with Crippen molar-refractivity contribution in [2.45, 2.75) is 57.0 Å². The molecule has 0 spiro atoms. The highest BCUT2D eigenvalue weighted by atomic mass is 35.5. The maximum absolute atomic E-state index is 6.76. The molecule has 2 bridgehead atoms. The van der Waals surface area contributed by atoms with Gasteiger partial charge in [-0.3, -0.25) is 4.90 Å². The maximum atomic E-state index is 6.76. The van der Waals surface area contributed by atoms with Crippen LogP contribution in [0.25, 0.3) is 0 Å². The Kier molecular flexibility index (Phi) is 6.67. The molecule has 9 heteroatoms. The summed E-state index contributed by atoms with van der Waals surface area (Å²) in [4.78, 5) is 14.3. The van der Waals surface area contributed by atoms with Crippen molar-refractivity contribution in [3.05, 3.63) is 23.2 Å². The molecule has 4 atom stereocenters. The van der Waals surface area contributed by atoms with E-state index in [1.54, 1.807) is 7.11 Å². The number of benzene rings is 1. The average Bonchev–Trinajstić information content (AvgIpc) is 3.43. The van der Waals surface area contributed by atoms with Crippen LogP contribution >= 0.6 is 11.6 Å². The van der Waals surface area contributed by atoms with Crippen molar-refractivity contribution in [1.82, 2.24) is 15.1 Å². The second kappa shape index (κ2) is 9.68. The summed E-state index contributed by atoms with van der Waals surface area (Å²) in [5.74, 6) is 3.46. The van der Waals surface area contributed by atoms with E-state index >= 15 is 0 Å². The predicted molar refractivity (Wildman–Crippen MR) is 132 cm³/mol. The number of guanidine groups is 2. The predicted octanol–water partition coefficient (Wildman–Crippen LogP) is 3.59. The molecule has 5 rings (SSSR count). The number of ether oxygens (including phenoxy) is 2. The normalized spacial score (nSPS) is 30.2. The van der Waals surface area contributed by atoms with Gasteiger partial charge in [0.1, 0.15) is 5.75 Å². The van der Waals surface area contributed by atoms with Crippen LogP contribution in [0.1, 0.15) is 38.5 Å². The summed E-state index contributed by atoms with van der Waals surface area (Å²) < 4.78 is 12.1. The Hall–Kier alpha value is -2.03. The number of aliphatic imine (C=N–C) groups is 2. The van der Waals surface area contributed by atoms with Gasteiger partial charge in [-0.1, -0.05) is 11.6 Å². The summed E-state index contributed by atoms with van der Waals surface area (Å²) in [5.41, 5.74) is 0.855. The molecule has 0 aromatic heterocycles. The van der Waals surface area contributed by atoms with E-state index in [1.807, 2.05) is 25.2 Å². The van der Waals surface area contributed by atoms with Gasteiger partial charge in [0.15, 0.2) is 0 Å². The minimum absolute atomic E-state index is 0.277. The fourth-order valence-electron chi connectivity index (χ4n) is 5.78. The average molecular weight is 475 g/mol. The van der Waals surface area contributed by atoms with Crippen molar-refractivity contribution in [2.24, 2.45) is 21.8 Å². The molecular weight excluding hydrogens is 440 g/mol. The molecule has 4 unspecified atom stereocenters. The van der Waals surface area contributed by atoms with Gasteiger partial charge in [0.2, 0.25) is 18.3 Å². The first-order valence-electron chi connectivity index (χ1n) is 12.1. The number of hydrogen-bond acceptors (Lipinski definition) is 8. The number of halogens is 1. The Labute approximate surface area is 201 Å². The third-order valence-corrected chi connectivity index (χ3v) is 7.91. The fraction of sp³-hybridized carbons (Fsp3) is 0.667. The highest BCUT2D eigenvalue weighted by molar-refractivity contribution is 6.32. The molecule has 2 aliphatic heterocycles. The van der Waals surface area contributed by atoms with Crippen molar-refractivity contribution in [1.29, 1.82) is 0 Å². The zero-order chi connectivity index (χ0) is 22.9. The highest BCUT2D eigenvalue weighted by Gasteiger charge is 2.44. The second-order valence-electron chi connectivity index (χ2n) is 9.73. The zero-order valence-electron chi connectivity index (χ0n) is 19.8. The van der Waals surface area contributed by atoms with Crippen LogP contribution < -0.4 is 15.4 Å². The Balaban J connectivity index is 1.42. The number of piperidine rings is 1. The Bertz CT molecular complexity index is 916. The summed E-state index contributed by atoms with van der Waals surface area (Å²) in [5, 5.41) is 7.19. The number of rotatable bonds is 5. The van der Waals surface area contributed by atoms with Gasteiger partial charge in [-0.2, -0.15) is 9.98 Å².